The number of rotatable bonds is 5. The van der Waals surface area contributed by atoms with Gasteiger partial charge in [-0.1, -0.05) is 0 Å². The molecule has 2 aromatic heterocycles. The summed E-state index contributed by atoms with van der Waals surface area (Å²) < 4.78 is 1.84. The molecule has 1 aliphatic carbocycles. The van der Waals surface area contributed by atoms with Gasteiger partial charge < -0.3 is 10.6 Å². The summed E-state index contributed by atoms with van der Waals surface area (Å²) in [4.78, 5) is 19.2. The van der Waals surface area contributed by atoms with E-state index >= 15 is 0 Å². The van der Waals surface area contributed by atoms with E-state index in [-0.39, 0.29) is 18.3 Å². The molecule has 0 atom stereocenters. The van der Waals surface area contributed by atoms with Crippen molar-refractivity contribution in [1.82, 2.24) is 25.4 Å². The summed E-state index contributed by atoms with van der Waals surface area (Å²) in [6.45, 7) is 2.32. The molecule has 2 aliphatic rings. The van der Waals surface area contributed by atoms with Gasteiger partial charge in [0.15, 0.2) is 0 Å². The van der Waals surface area contributed by atoms with Crippen LogP contribution >= 0.6 is 23.7 Å². The maximum absolute atomic E-state index is 13.0. The number of thiazole rings is 1. The van der Waals surface area contributed by atoms with Gasteiger partial charge in [-0.25, -0.2) is 4.98 Å². The topological polar surface area (TPSA) is 71.8 Å². The van der Waals surface area contributed by atoms with Gasteiger partial charge in [0.05, 0.1) is 10.7 Å². The predicted octanol–water partition coefficient (Wildman–Crippen LogP) is 2.08. The molecule has 8 heteroatoms. The molecule has 0 unspecified atom stereocenters. The highest BCUT2D eigenvalue weighted by Crippen LogP contribution is 2.28. The third kappa shape index (κ3) is 3.80. The van der Waals surface area contributed by atoms with Crippen molar-refractivity contribution in [1.29, 1.82) is 0 Å². The summed E-state index contributed by atoms with van der Waals surface area (Å²) in [5, 5.41) is 12.0. The Morgan fingerprint density at radius 3 is 2.85 bits per heavy atom. The average molecular weight is 396 g/mol. The van der Waals surface area contributed by atoms with Gasteiger partial charge in [-0.15, -0.1) is 23.7 Å². The summed E-state index contributed by atoms with van der Waals surface area (Å²) in [6.07, 6.45) is 10.8. The highest BCUT2D eigenvalue weighted by Gasteiger charge is 2.41. The Bertz CT molecular complexity index is 701. The smallest absolute Gasteiger partial charge is 0.248 e. The van der Waals surface area contributed by atoms with E-state index in [1.807, 2.05) is 28.3 Å². The molecule has 2 N–H and O–H groups in total. The van der Waals surface area contributed by atoms with Crippen LogP contribution in [0.25, 0.3) is 0 Å². The minimum Gasteiger partial charge on any atom is -0.354 e. The number of hydrogen-bond acceptors (Lipinski definition) is 5. The molecular formula is C18H26ClN5OS. The molecule has 6 nitrogen and oxygen atoms in total. The van der Waals surface area contributed by atoms with Gasteiger partial charge >= 0.3 is 0 Å². The van der Waals surface area contributed by atoms with Gasteiger partial charge in [0.2, 0.25) is 5.91 Å². The van der Waals surface area contributed by atoms with Crippen molar-refractivity contribution >= 4 is 29.7 Å². The third-order valence-electron chi connectivity index (χ3n) is 5.31. The van der Waals surface area contributed by atoms with Gasteiger partial charge in [0.1, 0.15) is 5.54 Å². The van der Waals surface area contributed by atoms with Crippen LogP contribution in [0, 0.1) is 0 Å². The fourth-order valence-corrected chi connectivity index (χ4v) is 5.04. The number of amides is 1. The summed E-state index contributed by atoms with van der Waals surface area (Å²) in [7, 11) is 0. The molecule has 4 rings (SSSR count). The van der Waals surface area contributed by atoms with Crippen molar-refractivity contribution in [2.75, 3.05) is 19.6 Å². The van der Waals surface area contributed by atoms with Crippen molar-refractivity contribution in [3.63, 3.8) is 0 Å². The van der Waals surface area contributed by atoms with Crippen LogP contribution in [0.5, 0.6) is 0 Å². The number of aromatic nitrogens is 3. The highest BCUT2D eigenvalue weighted by molar-refractivity contribution is 7.11. The van der Waals surface area contributed by atoms with E-state index in [2.05, 4.69) is 15.7 Å². The molecule has 0 radical (unpaired) electrons. The Hall–Kier alpha value is -1.44. The Morgan fingerprint density at radius 1 is 1.31 bits per heavy atom. The zero-order chi connectivity index (χ0) is 17.1. The maximum Gasteiger partial charge on any atom is 0.248 e. The molecule has 0 spiro atoms. The Kier molecular flexibility index (Phi) is 6.32. The maximum atomic E-state index is 13.0. The molecule has 0 aromatic carbocycles. The normalized spacial score (nSPS) is 18.6. The molecule has 142 valence electrons. The molecule has 1 saturated heterocycles. The van der Waals surface area contributed by atoms with Crippen LogP contribution in [0.2, 0.25) is 0 Å². The first-order chi connectivity index (χ1) is 12.3. The fraction of sp³-hybridized carbons (Fsp3) is 0.611. The van der Waals surface area contributed by atoms with Gasteiger partial charge in [0, 0.05) is 30.2 Å². The highest BCUT2D eigenvalue weighted by atomic mass is 35.5. The number of carbonyl (C=O) groups is 1. The third-order valence-corrected chi connectivity index (χ3v) is 6.53. The zero-order valence-electron chi connectivity index (χ0n) is 14.9. The lowest BCUT2D eigenvalue weighted by Gasteiger charge is -2.36. The quantitative estimate of drug-likeness (QED) is 0.813. The summed E-state index contributed by atoms with van der Waals surface area (Å²) in [6, 6.07) is 1.89. The summed E-state index contributed by atoms with van der Waals surface area (Å²) in [5.74, 6) is 0.0824. The molecular weight excluding hydrogens is 370 g/mol. The van der Waals surface area contributed by atoms with E-state index in [0.29, 0.717) is 6.54 Å². The number of hydrogen-bond donors (Lipinski definition) is 2. The van der Waals surface area contributed by atoms with Crippen LogP contribution in [0.1, 0.15) is 41.3 Å². The van der Waals surface area contributed by atoms with Gasteiger partial charge in [-0.2, -0.15) is 5.10 Å². The molecule has 1 amide bonds. The largest absolute Gasteiger partial charge is 0.354 e. The van der Waals surface area contributed by atoms with Gasteiger partial charge in [0.25, 0.3) is 0 Å². The van der Waals surface area contributed by atoms with Crippen molar-refractivity contribution in [3.05, 3.63) is 34.0 Å². The van der Waals surface area contributed by atoms with Crippen molar-refractivity contribution < 1.29 is 4.79 Å². The van der Waals surface area contributed by atoms with E-state index in [4.69, 9.17) is 4.98 Å². The number of nitrogens with one attached hydrogen (secondary N) is 2. The molecule has 3 heterocycles. The van der Waals surface area contributed by atoms with Crippen molar-refractivity contribution in [3.8, 4) is 0 Å². The minimum absolute atomic E-state index is 0. The van der Waals surface area contributed by atoms with Crippen LogP contribution in [-0.4, -0.2) is 40.3 Å². The fourth-order valence-electron chi connectivity index (χ4n) is 3.88. The molecule has 0 bridgehead atoms. The first-order valence-electron chi connectivity index (χ1n) is 9.24. The number of nitrogens with zero attached hydrogens (tertiary/aromatic N) is 3. The van der Waals surface area contributed by atoms with Crippen LogP contribution in [-0.2, 0) is 29.6 Å². The monoisotopic (exact) mass is 395 g/mol. The number of fused-ring (bicyclic) bond motifs is 1. The minimum atomic E-state index is -0.559. The Labute approximate surface area is 164 Å². The van der Waals surface area contributed by atoms with E-state index in [1.54, 1.807) is 6.20 Å². The van der Waals surface area contributed by atoms with Crippen molar-refractivity contribution in [2.45, 2.75) is 50.5 Å². The zero-order valence-corrected chi connectivity index (χ0v) is 16.5. The lowest BCUT2D eigenvalue weighted by atomic mass is 9.87. The van der Waals surface area contributed by atoms with Crippen molar-refractivity contribution in [2.24, 2.45) is 0 Å². The standard InChI is InChI=1S/C18H25N5OS.ClH/c24-17(18(7-11-19-12-8-18)23-13-3-9-21-23)20-10-6-16-22-14-4-1-2-5-15(14)25-16;/h3,9,13,19H,1-2,4-8,10-12H2,(H,20,24);1H. The van der Waals surface area contributed by atoms with Gasteiger partial charge in [-0.05, 0) is 57.7 Å². The lowest BCUT2D eigenvalue weighted by Crippen LogP contribution is -2.54. The lowest BCUT2D eigenvalue weighted by molar-refractivity contribution is -0.131. The van der Waals surface area contributed by atoms with Gasteiger partial charge in [-0.3, -0.25) is 9.48 Å². The molecule has 26 heavy (non-hydrogen) atoms. The number of halogens is 1. The van der Waals surface area contributed by atoms with Crippen LogP contribution in [0.3, 0.4) is 0 Å². The van der Waals surface area contributed by atoms with E-state index in [0.717, 1.165) is 43.8 Å². The molecule has 1 aliphatic heterocycles. The Balaban J connectivity index is 0.00000196. The first-order valence-corrected chi connectivity index (χ1v) is 10.1. The van der Waals surface area contributed by atoms with Crippen LogP contribution in [0.15, 0.2) is 18.5 Å². The molecule has 2 aromatic rings. The van der Waals surface area contributed by atoms with E-state index in [1.165, 1.54) is 29.8 Å². The molecule has 1 fully saturated rings. The van der Waals surface area contributed by atoms with E-state index in [9.17, 15) is 4.79 Å². The van der Waals surface area contributed by atoms with Crippen LogP contribution in [0.4, 0.5) is 0 Å². The molecule has 0 saturated carbocycles. The number of aryl methyl sites for hydroxylation is 2. The number of piperidine rings is 1. The first kappa shape index (κ1) is 19.3. The summed E-state index contributed by atoms with van der Waals surface area (Å²) in [5.41, 5.74) is 0.737. The average Bonchev–Trinajstić information content (AvgIpc) is 3.32. The SMILES string of the molecule is Cl.O=C(NCCc1nc2c(s1)CCCC2)C1(n2cccn2)CCNCC1. The van der Waals surface area contributed by atoms with E-state index < -0.39 is 5.54 Å². The second-order valence-electron chi connectivity index (χ2n) is 6.92. The predicted molar refractivity (Wildman–Crippen MR) is 105 cm³/mol. The Morgan fingerprint density at radius 2 is 2.12 bits per heavy atom. The second-order valence-corrected chi connectivity index (χ2v) is 8.09. The second kappa shape index (κ2) is 8.50. The summed E-state index contributed by atoms with van der Waals surface area (Å²) >= 11 is 1.83. The van der Waals surface area contributed by atoms with Crippen LogP contribution < -0.4 is 10.6 Å². The number of carbonyl (C=O) groups excluding carboxylic acids is 1.